The zero-order valence-electron chi connectivity index (χ0n) is 8.92. The Morgan fingerprint density at radius 1 is 1.62 bits per heavy atom. The molecule has 6 nitrogen and oxygen atoms in total. The van der Waals surface area contributed by atoms with Gasteiger partial charge in [0.1, 0.15) is 5.82 Å². The van der Waals surface area contributed by atoms with Gasteiger partial charge in [-0.05, 0) is 13.0 Å². The quantitative estimate of drug-likeness (QED) is 0.621. The molecule has 0 aliphatic heterocycles. The molecule has 0 saturated carbocycles. The number of carbonyl (C=O) groups is 1. The molecular formula is C10H14N4O2. The van der Waals surface area contributed by atoms with E-state index >= 15 is 0 Å². The van der Waals surface area contributed by atoms with Crippen molar-refractivity contribution in [2.45, 2.75) is 13.0 Å². The van der Waals surface area contributed by atoms with Crippen molar-refractivity contribution in [3.8, 4) is 0 Å². The summed E-state index contributed by atoms with van der Waals surface area (Å²) >= 11 is 0. The van der Waals surface area contributed by atoms with Crippen molar-refractivity contribution >= 4 is 17.9 Å². The second kappa shape index (κ2) is 5.82. The van der Waals surface area contributed by atoms with Crippen LogP contribution in [0.5, 0.6) is 0 Å². The van der Waals surface area contributed by atoms with Crippen LogP contribution in [0.3, 0.4) is 0 Å². The van der Waals surface area contributed by atoms with Gasteiger partial charge in [-0.1, -0.05) is 0 Å². The Hall–Kier alpha value is -1.95. The lowest BCUT2D eigenvalue weighted by Crippen LogP contribution is -2.25. The smallest absolute Gasteiger partial charge is 0.328 e. The number of nitrogens with zero attached hydrogens (tertiary/aromatic N) is 2. The third-order valence-corrected chi connectivity index (χ3v) is 1.82. The van der Waals surface area contributed by atoms with Crippen LogP contribution in [-0.2, 0) is 4.79 Å². The zero-order valence-corrected chi connectivity index (χ0v) is 8.92. The van der Waals surface area contributed by atoms with Crippen molar-refractivity contribution in [2.24, 2.45) is 5.73 Å². The van der Waals surface area contributed by atoms with Gasteiger partial charge in [0.05, 0.1) is 18.1 Å². The van der Waals surface area contributed by atoms with E-state index in [1.807, 2.05) is 6.92 Å². The lowest BCUT2D eigenvalue weighted by Gasteiger charge is -2.10. The second-order valence-corrected chi connectivity index (χ2v) is 3.28. The van der Waals surface area contributed by atoms with Gasteiger partial charge >= 0.3 is 5.97 Å². The monoisotopic (exact) mass is 222 g/mol. The summed E-state index contributed by atoms with van der Waals surface area (Å²) in [7, 11) is 0. The summed E-state index contributed by atoms with van der Waals surface area (Å²) in [5.74, 6) is -0.397. The molecule has 1 heterocycles. The molecule has 86 valence electrons. The number of hydrogen-bond donors (Lipinski definition) is 3. The molecule has 1 rings (SSSR count). The summed E-state index contributed by atoms with van der Waals surface area (Å²) < 4.78 is 0. The van der Waals surface area contributed by atoms with Crippen LogP contribution in [-0.4, -0.2) is 33.6 Å². The number of aromatic nitrogens is 2. The summed E-state index contributed by atoms with van der Waals surface area (Å²) in [6.07, 6.45) is 5.42. The molecule has 16 heavy (non-hydrogen) atoms. The molecule has 6 heteroatoms. The molecule has 0 spiro atoms. The van der Waals surface area contributed by atoms with E-state index in [9.17, 15) is 4.79 Å². The lowest BCUT2D eigenvalue weighted by atomic mass is 10.3. The summed E-state index contributed by atoms with van der Waals surface area (Å²) in [4.78, 5) is 18.4. The largest absolute Gasteiger partial charge is 0.478 e. The average molecular weight is 222 g/mol. The van der Waals surface area contributed by atoms with E-state index in [0.29, 0.717) is 18.1 Å². The van der Waals surface area contributed by atoms with E-state index in [0.717, 1.165) is 6.08 Å². The van der Waals surface area contributed by atoms with Crippen molar-refractivity contribution in [3.63, 3.8) is 0 Å². The highest BCUT2D eigenvalue weighted by molar-refractivity contribution is 5.84. The van der Waals surface area contributed by atoms with Crippen LogP contribution in [0.1, 0.15) is 12.6 Å². The van der Waals surface area contributed by atoms with Gasteiger partial charge in [0.25, 0.3) is 0 Å². The summed E-state index contributed by atoms with van der Waals surface area (Å²) in [5.41, 5.74) is 5.94. The van der Waals surface area contributed by atoms with Gasteiger partial charge in [-0.25, -0.2) is 9.78 Å². The molecule has 0 aliphatic carbocycles. The minimum absolute atomic E-state index is 0.120. The van der Waals surface area contributed by atoms with Crippen LogP contribution >= 0.6 is 0 Å². The molecule has 1 aromatic rings. The molecule has 0 aromatic carbocycles. The minimum Gasteiger partial charge on any atom is -0.478 e. The average Bonchev–Trinajstić information content (AvgIpc) is 2.28. The molecule has 0 amide bonds. The van der Waals surface area contributed by atoms with Crippen molar-refractivity contribution in [3.05, 3.63) is 24.2 Å². The van der Waals surface area contributed by atoms with Crippen molar-refractivity contribution < 1.29 is 9.90 Å². The number of anilines is 1. The maximum atomic E-state index is 10.3. The third kappa shape index (κ3) is 4.05. The Morgan fingerprint density at radius 3 is 2.88 bits per heavy atom. The molecule has 0 aliphatic rings. The predicted molar refractivity (Wildman–Crippen MR) is 60.8 cm³/mol. The fourth-order valence-corrected chi connectivity index (χ4v) is 0.967. The van der Waals surface area contributed by atoms with Crippen LogP contribution < -0.4 is 11.1 Å². The van der Waals surface area contributed by atoms with Crippen LogP contribution in [0.15, 0.2) is 18.5 Å². The number of hydrogen-bond acceptors (Lipinski definition) is 5. The van der Waals surface area contributed by atoms with Crippen LogP contribution in [0.4, 0.5) is 5.82 Å². The number of nitrogens with two attached hydrogens (primary N) is 1. The molecule has 1 atom stereocenters. The van der Waals surface area contributed by atoms with E-state index < -0.39 is 5.97 Å². The molecular weight excluding hydrogens is 208 g/mol. The van der Waals surface area contributed by atoms with Crippen LogP contribution in [0.2, 0.25) is 0 Å². The first-order valence-electron chi connectivity index (χ1n) is 4.81. The van der Waals surface area contributed by atoms with Gasteiger partial charge in [-0.15, -0.1) is 0 Å². The van der Waals surface area contributed by atoms with Gasteiger partial charge in [0.15, 0.2) is 0 Å². The maximum Gasteiger partial charge on any atom is 0.328 e. The fourth-order valence-electron chi connectivity index (χ4n) is 0.967. The van der Waals surface area contributed by atoms with Gasteiger partial charge in [0.2, 0.25) is 0 Å². The first-order chi connectivity index (χ1) is 7.61. The first-order valence-corrected chi connectivity index (χ1v) is 4.81. The molecule has 0 saturated heterocycles. The van der Waals surface area contributed by atoms with E-state index in [2.05, 4.69) is 15.3 Å². The summed E-state index contributed by atoms with van der Waals surface area (Å²) in [6.45, 7) is 2.43. The second-order valence-electron chi connectivity index (χ2n) is 3.28. The Labute approximate surface area is 93.2 Å². The van der Waals surface area contributed by atoms with E-state index in [1.54, 1.807) is 0 Å². The Bertz CT molecular complexity index is 375. The Balaban J connectivity index is 2.64. The van der Waals surface area contributed by atoms with Crippen LogP contribution in [0, 0.1) is 0 Å². The first kappa shape index (κ1) is 12.1. The number of rotatable bonds is 5. The molecule has 0 fully saturated rings. The number of nitrogens with one attached hydrogen (secondary N) is 1. The van der Waals surface area contributed by atoms with Gasteiger partial charge in [-0.2, -0.15) is 0 Å². The zero-order chi connectivity index (χ0) is 12.0. The van der Waals surface area contributed by atoms with Crippen molar-refractivity contribution in [1.29, 1.82) is 0 Å². The third-order valence-electron chi connectivity index (χ3n) is 1.82. The Kier molecular flexibility index (Phi) is 4.41. The van der Waals surface area contributed by atoms with E-state index in [4.69, 9.17) is 10.8 Å². The van der Waals surface area contributed by atoms with Crippen molar-refractivity contribution in [1.82, 2.24) is 9.97 Å². The maximum absolute atomic E-state index is 10.3. The van der Waals surface area contributed by atoms with Gasteiger partial charge < -0.3 is 16.2 Å². The number of carboxylic acid groups (broad SMARTS) is 1. The van der Waals surface area contributed by atoms with E-state index in [-0.39, 0.29) is 6.04 Å². The van der Waals surface area contributed by atoms with Crippen LogP contribution in [0.25, 0.3) is 6.08 Å². The SMILES string of the molecule is C[C@H](CN)Nc1cnc(/C=C/C(=O)O)cn1. The summed E-state index contributed by atoms with van der Waals surface area (Å²) in [5, 5.41) is 11.5. The predicted octanol–water partition coefficient (Wildman–Crippen LogP) is 0.333. The molecule has 0 radical (unpaired) electrons. The van der Waals surface area contributed by atoms with E-state index in [1.165, 1.54) is 18.5 Å². The highest BCUT2D eigenvalue weighted by Gasteiger charge is 2.00. The fraction of sp³-hybridized carbons (Fsp3) is 0.300. The normalized spacial score (nSPS) is 12.6. The van der Waals surface area contributed by atoms with Gasteiger partial charge in [0, 0.05) is 18.7 Å². The molecule has 0 bridgehead atoms. The highest BCUT2D eigenvalue weighted by Crippen LogP contribution is 2.03. The molecule has 1 aromatic heterocycles. The molecule has 4 N–H and O–H groups in total. The minimum atomic E-state index is -1.01. The topological polar surface area (TPSA) is 101 Å². The van der Waals surface area contributed by atoms with Crippen molar-refractivity contribution in [2.75, 3.05) is 11.9 Å². The molecule has 0 unspecified atom stereocenters. The number of aliphatic carboxylic acids is 1. The number of carboxylic acids is 1. The van der Waals surface area contributed by atoms with Gasteiger partial charge in [-0.3, -0.25) is 4.98 Å². The summed E-state index contributed by atoms with van der Waals surface area (Å²) in [6, 6.07) is 0.120. The highest BCUT2D eigenvalue weighted by atomic mass is 16.4. The standard InChI is InChI=1S/C10H14N4O2/c1-7(4-11)14-9-6-12-8(5-13-9)2-3-10(15)16/h2-3,5-7H,4,11H2,1H3,(H,13,14)(H,15,16)/b3-2+/t7-/m1/s1. The Morgan fingerprint density at radius 2 is 2.38 bits per heavy atom. The lowest BCUT2D eigenvalue weighted by molar-refractivity contribution is -0.131.